The van der Waals surface area contributed by atoms with Crippen molar-refractivity contribution in [3.63, 3.8) is 0 Å². The summed E-state index contributed by atoms with van der Waals surface area (Å²) in [7, 11) is 2.16. The normalized spacial score (nSPS) is 35.0. The fourth-order valence-electron chi connectivity index (χ4n) is 4.46. The smallest absolute Gasteiger partial charge is 0.0110 e. The van der Waals surface area contributed by atoms with Crippen LogP contribution in [0.2, 0.25) is 0 Å². The van der Waals surface area contributed by atoms with Gasteiger partial charge < -0.3 is 15.1 Å². The highest BCUT2D eigenvalue weighted by Gasteiger charge is 2.35. The van der Waals surface area contributed by atoms with E-state index in [0.29, 0.717) is 5.41 Å². The van der Waals surface area contributed by atoms with Crippen molar-refractivity contribution in [1.82, 2.24) is 15.1 Å². The highest BCUT2D eigenvalue weighted by atomic mass is 15.3. The molecule has 3 aliphatic rings. The molecule has 21 heavy (non-hydrogen) atoms. The predicted octanol–water partition coefficient (Wildman–Crippen LogP) is 2.43. The Morgan fingerprint density at radius 1 is 0.952 bits per heavy atom. The van der Waals surface area contributed by atoms with E-state index < -0.39 is 0 Å². The van der Waals surface area contributed by atoms with Gasteiger partial charge in [-0.3, -0.25) is 0 Å². The van der Waals surface area contributed by atoms with Crippen LogP contribution in [0.25, 0.3) is 0 Å². The summed E-state index contributed by atoms with van der Waals surface area (Å²) in [5.74, 6) is 1.89. The average Bonchev–Trinajstić information content (AvgIpc) is 3.24. The van der Waals surface area contributed by atoms with Gasteiger partial charge in [-0.1, -0.05) is 13.8 Å². The van der Waals surface area contributed by atoms with Crippen LogP contribution < -0.4 is 5.32 Å². The first-order valence-electron chi connectivity index (χ1n) is 9.18. The van der Waals surface area contributed by atoms with E-state index >= 15 is 0 Å². The summed E-state index contributed by atoms with van der Waals surface area (Å²) in [4.78, 5) is 5.44. The fraction of sp³-hybridized carbons (Fsp3) is 1.00. The van der Waals surface area contributed by atoms with Gasteiger partial charge in [0.15, 0.2) is 0 Å². The summed E-state index contributed by atoms with van der Waals surface area (Å²) in [6.45, 7) is 12.8. The summed E-state index contributed by atoms with van der Waals surface area (Å²) >= 11 is 0. The van der Waals surface area contributed by atoms with Crippen LogP contribution in [-0.2, 0) is 0 Å². The Morgan fingerprint density at radius 3 is 2.14 bits per heavy atom. The molecule has 0 amide bonds. The van der Waals surface area contributed by atoms with E-state index in [1.807, 2.05) is 0 Å². The van der Waals surface area contributed by atoms with Gasteiger partial charge >= 0.3 is 0 Å². The number of rotatable bonds is 5. The molecular weight excluding hydrogens is 258 g/mol. The van der Waals surface area contributed by atoms with E-state index in [-0.39, 0.29) is 0 Å². The largest absolute Gasteiger partial charge is 0.317 e. The molecule has 3 rings (SSSR count). The molecule has 2 unspecified atom stereocenters. The second-order valence-electron chi connectivity index (χ2n) is 8.61. The topological polar surface area (TPSA) is 18.5 Å². The van der Waals surface area contributed by atoms with Crippen LogP contribution >= 0.6 is 0 Å². The highest BCUT2D eigenvalue weighted by molar-refractivity contribution is 4.90. The molecule has 1 saturated heterocycles. The molecule has 1 N–H and O–H groups in total. The molecule has 3 heteroatoms. The quantitative estimate of drug-likeness (QED) is 0.840. The predicted molar refractivity (Wildman–Crippen MR) is 89.6 cm³/mol. The van der Waals surface area contributed by atoms with Gasteiger partial charge in [0.2, 0.25) is 0 Å². The zero-order valence-electron chi connectivity index (χ0n) is 14.4. The Balaban J connectivity index is 1.46. The fourth-order valence-corrected chi connectivity index (χ4v) is 4.46. The van der Waals surface area contributed by atoms with Crippen LogP contribution in [-0.4, -0.2) is 62.2 Å². The molecular formula is C18H35N3. The van der Waals surface area contributed by atoms with Gasteiger partial charge in [0, 0.05) is 45.3 Å². The maximum Gasteiger partial charge on any atom is 0.0110 e. The monoisotopic (exact) mass is 293 g/mol. The molecule has 1 aliphatic heterocycles. The molecule has 0 bridgehead atoms. The minimum Gasteiger partial charge on any atom is -0.317 e. The zero-order chi connectivity index (χ0) is 14.9. The Bertz CT molecular complexity index is 329. The van der Waals surface area contributed by atoms with Crippen LogP contribution in [0.4, 0.5) is 0 Å². The summed E-state index contributed by atoms with van der Waals surface area (Å²) in [5, 5.41) is 3.59. The molecule has 2 atom stereocenters. The lowest BCUT2D eigenvalue weighted by atomic mass is 9.69. The van der Waals surface area contributed by atoms with E-state index in [1.165, 1.54) is 71.4 Å². The molecule has 2 saturated carbocycles. The zero-order valence-corrected chi connectivity index (χ0v) is 14.4. The van der Waals surface area contributed by atoms with Crippen molar-refractivity contribution in [3.8, 4) is 0 Å². The van der Waals surface area contributed by atoms with Crippen LogP contribution in [0.3, 0.4) is 0 Å². The number of hydrogen-bond acceptors (Lipinski definition) is 3. The van der Waals surface area contributed by atoms with Gasteiger partial charge in [0.1, 0.15) is 0 Å². The number of piperazine rings is 1. The van der Waals surface area contributed by atoms with E-state index in [4.69, 9.17) is 0 Å². The highest BCUT2D eigenvalue weighted by Crippen LogP contribution is 2.39. The van der Waals surface area contributed by atoms with Gasteiger partial charge in [0.25, 0.3) is 0 Å². The van der Waals surface area contributed by atoms with Gasteiger partial charge in [0.05, 0.1) is 0 Å². The lowest BCUT2D eigenvalue weighted by Gasteiger charge is -2.44. The van der Waals surface area contributed by atoms with Crippen molar-refractivity contribution in [1.29, 1.82) is 0 Å². The van der Waals surface area contributed by atoms with Crippen LogP contribution in [0.15, 0.2) is 0 Å². The van der Waals surface area contributed by atoms with Crippen molar-refractivity contribution < 1.29 is 0 Å². The maximum absolute atomic E-state index is 3.59. The van der Waals surface area contributed by atoms with Crippen molar-refractivity contribution >= 4 is 0 Å². The molecule has 0 aromatic carbocycles. The first-order chi connectivity index (χ1) is 10.1. The van der Waals surface area contributed by atoms with Crippen molar-refractivity contribution in [3.05, 3.63) is 0 Å². The van der Waals surface area contributed by atoms with Gasteiger partial charge in [-0.05, 0) is 56.4 Å². The van der Waals surface area contributed by atoms with Crippen molar-refractivity contribution in [2.24, 2.45) is 17.3 Å². The lowest BCUT2D eigenvalue weighted by molar-refractivity contribution is 0.0706. The third-order valence-corrected chi connectivity index (χ3v) is 6.06. The first kappa shape index (κ1) is 15.8. The standard InChI is InChI=1S/C18H35N3/c1-18(2)7-6-17(19-3)16(12-18)14-21-10-8-20(9-11-21)13-15-4-5-15/h15-17,19H,4-14H2,1-3H3. The first-order valence-corrected chi connectivity index (χ1v) is 9.18. The third kappa shape index (κ3) is 4.43. The van der Waals surface area contributed by atoms with Gasteiger partial charge in [-0.25, -0.2) is 0 Å². The Morgan fingerprint density at radius 2 is 1.57 bits per heavy atom. The van der Waals surface area contributed by atoms with Crippen LogP contribution in [0, 0.1) is 17.3 Å². The van der Waals surface area contributed by atoms with Crippen molar-refractivity contribution in [2.45, 2.75) is 52.0 Å². The molecule has 0 aromatic rings. The minimum atomic E-state index is 0.547. The second-order valence-corrected chi connectivity index (χ2v) is 8.61. The Hall–Kier alpha value is -0.120. The minimum absolute atomic E-state index is 0.547. The van der Waals surface area contributed by atoms with E-state index in [1.54, 1.807) is 0 Å². The van der Waals surface area contributed by atoms with Gasteiger partial charge in [-0.15, -0.1) is 0 Å². The van der Waals surface area contributed by atoms with Crippen LogP contribution in [0.5, 0.6) is 0 Å². The van der Waals surface area contributed by atoms with Crippen molar-refractivity contribution in [2.75, 3.05) is 46.3 Å². The Kier molecular flexibility index (Phi) is 4.92. The molecule has 0 radical (unpaired) electrons. The average molecular weight is 293 g/mol. The molecule has 0 spiro atoms. The van der Waals surface area contributed by atoms with E-state index in [2.05, 4.69) is 36.0 Å². The lowest BCUT2D eigenvalue weighted by Crippen LogP contribution is -2.52. The molecule has 3 fully saturated rings. The number of nitrogens with one attached hydrogen (secondary N) is 1. The third-order valence-electron chi connectivity index (χ3n) is 6.06. The van der Waals surface area contributed by atoms with Gasteiger partial charge in [-0.2, -0.15) is 0 Å². The maximum atomic E-state index is 3.59. The summed E-state index contributed by atoms with van der Waals surface area (Å²) in [6.07, 6.45) is 7.10. The second kappa shape index (κ2) is 6.55. The molecule has 2 aliphatic carbocycles. The van der Waals surface area contributed by atoms with E-state index in [0.717, 1.165) is 17.9 Å². The molecule has 3 nitrogen and oxygen atoms in total. The summed E-state index contributed by atoms with van der Waals surface area (Å²) < 4.78 is 0. The molecule has 122 valence electrons. The summed E-state index contributed by atoms with van der Waals surface area (Å²) in [5.41, 5.74) is 0.547. The molecule has 0 aromatic heterocycles. The SMILES string of the molecule is CNC1CCC(C)(C)CC1CN1CCN(CC2CC2)CC1. The van der Waals surface area contributed by atoms with E-state index in [9.17, 15) is 0 Å². The summed E-state index contributed by atoms with van der Waals surface area (Å²) in [6, 6.07) is 0.738. The number of nitrogens with zero attached hydrogens (tertiary/aromatic N) is 2. The Labute approximate surface area is 131 Å². The number of hydrogen-bond donors (Lipinski definition) is 1. The van der Waals surface area contributed by atoms with Crippen LogP contribution in [0.1, 0.15) is 46.0 Å². The molecule has 1 heterocycles.